The highest BCUT2D eigenvalue weighted by molar-refractivity contribution is 6.74. The van der Waals surface area contributed by atoms with Crippen LogP contribution in [-0.2, 0) is 18.6 Å². The summed E-state index contributed by atoms with van der Waals surface area (Å²) in [5.74, 6) is 13.0. The van der Waals surface area contributed by atoms with E-state index in [0.29, 0.717) is 13.0 Å². The van der Waals surface area contributed by atoms with E-state index in [4.69, 9.17) is 18.6 Å². The van der Waals surface area contributed by atoms with Gasteiger partial charge in [-0.2, -0.15) is 0 Å². The third-order valence-electron chi connectivity index (χ3n) is 6.69. The van der Waals surface area contributed by atoms with Crippen molar-refractivity contribution in [2.45, 2.75) is 95.3 Å². The maximum Gasteiger partial charge on any atom is 0.192 e. The predicted molar refractivity (Wildman–Crippen MR) is 111 cm³/mol. The van der Waals surface area contributed by atoms with Crippen LogP contribution >= 0.6 is 0 Å². The summed E-state index contributed by atoms with van der Waals surface area (Å²) in [5, 5.41) is 0.176. The molecule has 4 rings (SSSR count). The second-order valence-corrected chi connectivity index (χ2v) is 15.1. The minimum Gasteiger partial charge on any atom is -0.410 e. The van der Waals surface area contributed by atoms with Gasteiger partial charge in [-0.25, -0.2) is 0 Å². The number of rotatable bonds is 3. The molecule has 152 valence electrons. The van der Waals surface area contributed by atoms with Crippen LogP contribution < -0.4 is 0 Å². The Labute approximate surface area is 170 Å². The molecule has 1 unspecified atom stereocenters. The van der Waals surface area contributed by atoms with Gasteiger partial charge in [0.25, 0.3) is 0 Å². The van der Waals surface area contributed by atoms with E-state index in [0.717, 1.165) is 12.0 Å². The zero-order chi connectivity index (χ0) is 20.4. The lowest BCUT2D eigenvalue weighted by Gasteiger charge is -2.38. The average Bonchev–Trinajstić information content (AvgIpc) is 2.91. The third-order valence-corrected chi connectivity index (χ3v) is 11.2. The Morgan fingerprint density at radius 3 is 2.57 bits per heavy atom. The predicted octanol–water partition coefficient (Wildman–Crippen LogP) is 4.02. The topological polar surface area (TPSA) is 40.2 Å². The Hall–Kier alpha value is -1.08. The van der Waals surface area contributed by atoms with E-state index in [2.05, 4.69) is 63.6 Å². The van der Waals surface area contributed by atoms with E-state index in [-0.39, 0.29) is 34.9 Å². The lowest BCUT2D eigenvalue weighted by molar-refractivity contribution is -0.141. The van der Waals surface area contributed by atoms with Gasteiger partial charge in [-0.15, -0.1) is 0 Å². The Balaban J connectivity index is 1.56. The van der Waals surface area contributed by atoms with Gasteiger partial charge in [0.15, 0.2) is 20.2 Å². The summed E-state index contributed by atoms with van der Waals surface area (Å²) >= 11 is 0. The lowest BCUT2D eigenvalue weighted by atomic mass is 9.97. The molecule has 0 aromatic heterocycles. The van der Waals surface area contributed by atoms with Crippen LogP contribution in [0.2, 0.25) is 18.1 Å². The second-order valence-electron chi connectivity index (χ2n) is 10.4. The van der Waals surface area contributed by atoms with Gasteiger partial charge in [0.05, 0.1) is 24.7 Å². The van der Waals surface area contributed by atoms with Crippen LogP contribution in [0.25, 0.3) is 0 Å². The van der Waals surface area contributed by atoms with Crippen molar-refractivity contribution in [2.75, 3.05) is 6.61 Å². The number of epoxide rings is 1. The summed E-state index contributed by atoms with van der Waals surface area (Å²) in [6.45, 7) is 15.8. The van der Waals surface area contributed by atoms with Crippen molar-refractivity contribution in [1.82, 2.24) is 0 Å². The average molecular weight is 401 g/mol. The molecule has 5 heteroatoms. The molecule has 0 N–H and O–H groups in total. The van der Waals surface area contributed by atoms with Crippen LogP contribution in [0.3, 0.4) is 0 Å². The van der Waals surface area contributed by atoms with E-state index in [1.165, 1.54) is 0 Å². The first-order chi connectivity index (χ1) is 12.9. The zero-order valence-corrected chi connectivity index (χ0v) is 19.1. The maximum atomic E-state index is 6.64. The van der Waals surface area contributed by atoms with Gasteiger partial charge >= 0.3 is 0 Å². The van der Waals surface area contributed by atoms with Crippen molar-refractivity contribution in [3.63, 3.8) is 0 Å². The van der Waals surface area contributed by atoms with E-state index in [1.54, 1.807) is 0 Å². The molecule has 28 heavy (non-hydrogen) atoms. The molecule has 2 saturated heterocycles. The summed E-state index contributed by atoms with van der Waals surface area (Å²) in [7, 11) is -1.86. The van der Waals surface area contributed by atoms with Crippen LogP contribution in [0.4, 0.5) is 0 Å². The summed E-state index contributed by atoms with van der Waals surface area (Å²) in [4.78, 5) is 0. The van der Waals surface area contributed by atoms with E-state index in [1.807, 2.05) is 13.8 Å². The van der Waals surface area contributed by atoms with Crippen molar-refractivity contribution >= 4 is 8.32 Å². The summed E-state index contributed by atoms with van der Waals surface area (Å²) in [5.41, 5.74) is 0.689. The molecular weight excluding hydrogens is 368 g/mol. The van der Waals surface area contributed by atoms with Crippen molar-refractivity contribution in [2.24, 2.45) is 5.92 Å². The van der Waals surface area contributed by atoms with Crippen molar-refractivity contribution < 1.29 is 18.6 Å². The normalized spacial score (nSPS) is 38.5. The van der Waals surface area contributed by atoms with Gasteiger partial charge in [0.2, 0.25) is 0 Å². The molecule has 5 atom stereocenters. The van der Waals surface area contributed by atoms with E-state index in [9.17, 15) is 0 Å². The van der Waals surface area contributed by atoms with E-state index < -0.39 is 14.1 Å². The van der Waals surface area contributed by atoms with Gasteiger partial charge in [-0.3, -0.25) is 0 Å². The molecule has 0 bridgehead atoms. The molecule has 0 aromatic carbocycles. The summed E-state index contributed by atoms with van der Waals surface area (Å²) in [6.07, 6.45) is 3.66. The fourth-order valence-electron chi connectivity index (χ4n) is 3.88. The number of hydrogen-bond donors (Lipinski definition) is 0. The summed E-state index contributed by atoms with van der Waals surface area (Å²) in [6, 6.07) is 0. The largest absolute Gasteiger partial charge is 0.410 e. The minimum atomic E-state index is -1.86. The molecule has 0 radical (unpaired) electrons. The number of ether oxygens (including phenoxy) is 3. The molecule has 2 aliphatic heterocycles. The zero-order valence-electron chi connectivity index (χ0n) is 18.1. The second kappa shape index (κ2) is 6.46. The van der Waals surface area contributed by atoms with Crippen LogP contribution in [0.15, 0.2) is 11.6 Å². The first-order valence-electron chi connectivity index (χ1n) is 10.3. The van der Waals surface area contributed by atoms with Crippen LogP contribution in [0, 0.1) is 29.6 Å². The van der Waals surface area contributed by atoms with Crippen molar-refractivity contribution in [3.8, 4) is 23.7 Å². The SMILES string of the molecule is CC1(C)OC[C@H](C2C#CC3=C[C@@H](O[Si](C)(C)C(C)(C)C)C[C@@]34O[C@H]4C#CC2)O1. The van der Waals surface area contributed by atoms with Crippen LogP contribution in [-0.4, -0.2) is 44.6 Å². The first kappa shape index (κ1) is 20.2. The fourth-order valence-corrected chi connectivity index (χ4v) is 5.14. The quantitative estimate of drug-likeness (QED) is 0.407. The smallest absolute Gasteiger partial charge is 0.192 e. The highest BCUT2D eigenvalue weighted by atomic mass is 28.4. The van der Waals surface area contributed by atoms with E-state index >= 15 is 0 Å². The van der Waals surface area contributed by atoms with Gasteiger partial charge in [0, 0.05) is 18.4 Å². The molecule has 1 spiro atoms. The highest BCUT2D eigenvalue weighted by Crippen LogP contribution is 2.52. The molecule has 2 aliphatic carbocycles. The molecule has 0 saturated carbocycles. The fraction of sp³-hybridized carbons (Fsp3) is 0.739. The molecule has 4 nitrogen and oxygen atoms in total. The Kier molecular flexibility index (Phi) is 4.66. The monoisotopic (exact) mass is 400 g/mol. The molecular formula is C23H32O4Si. The van der Waals surface area contributed by atoms with Crippen molar-refractivity contribution in [1.29, 1.82) is 0 Å². The number of hydrogen-bond acceptors (Lipinski definition) is 4. The molecule has 2 heterocycles. The Morgan fingerprint density at radius 2 is 1.93 bits per heavy atom. The molecule has 0 amide bonds. The molecule has 0 aromatic rings. The maximum absolute atomic E-state index is 6.64. The van der Waals surface area contributed by atoms with Crippen LogP contribution in [0.1, 0.15) is 47.5 Å². The first-order valence-corrected chi connectivity index (χ1v) is 13.2. The van der Waals surface area contributed by atoms with Crippen molar-refractivity contribution in [3.05, 3.63) is 11.6 Å². The molecule has 4 aliphatic rings. The Bertz CT molecular complexity index is 814. The van der Waals surface area contributed by atoms with Gasteiger partial charge in [0.1, 0.15) is 5.60 Å². The minimum absolute atomic E-state index is 0.0376. The Morgan fingerprint density at radius 1 is 1.18 bits per heavy atom. The third kappa shape index (κ3) is 3.60. The van der Waals surface area contributed by atoms with Gasteiger partial charge in [-0.1, -0.05) is 44.5 Å². The molecule has 2 fully saturated rings. The van der Waals surface area contributed by atoms with Gasteiger partial charge < -0.3 is 18.6 Å². The van der Waals surface area contributed by atoms with Gasteiger partial charge in [-0.05, 0) is 38.1 Å². The highest BCUT2D eigenvalue weighted by Gasteiger charge is 2.62. The standard InChI is InChI=1S/C23H32O4Si/c1-21(2,3)28(6,7)27-18-13-17-12-11-16(19-15-24-22(4,5)25-19)9-8-10-20-23(17,14-18)26-20/h13,16,18-20H,9,14-15H2,1-7H3/t16?,18-,19-,20+,23-/m1/s1. The lowest BCUT2D eigenvalue weighted by Crippen LogP contribution is -2.43. The van der Waals surface area contributed by atoms with Crippen LogP contribution in [0.5, 0.6) is 0 Å². The summed E-state index contributed by atoms with van der Waals surface area (Å²) < 4.78 is 24.5.